The Labute approximate surface area is 122 Å². The fourth-order valence-corrected chi connectivity index (χ4v) is 3.92. The van der Waals surface area contributed by atoms with Gasteiger partial charge in [0.15, 0.2) is 0 Å². The summed E-state index contributed by atoms with van der Waals surface area (Å²) in [4.78, 5) is 0.351. The normalized spacial score (nSPS) is 18.1. The molecular formula is C15H24N2O2S. The third-order valence-corrected chi connectivity index (χ3v) is 5.80. The first-order chi connectivity index (χ1) is 9.44. The molecule has 0 radical (unpaired) electrons. The molecule has 20 heavy (non-hydrogen) atoms. The Morgan fingerprint density at radius 2 is 1.90 bits per heavy atom. The molecule has 1 aliphatic rings. The highest BCUT2D eigenvalue weighted by Gasteiger charge is 2.22. The molecule has 1 aliphatic carbocycles. The van der Waals surface area contributed by atoms with Crippen LogP contribution in [0.5, 0.6) is 0 Å². The summed E-state index contributed by atoms with van der Waals surface area (Å²) in [7, 11) is -1.96. The minimum atomic E-state index is -3.40. The first-order valence-corrected chi connectivity index (χ1v) is 8.73. The standard InChI is InChI=1S/C15H24N2O2S/c1-11-8-9-14(10-15(11)20(18,19)16-3)17-12(2)13-6-4-5-7-13/h8-10,12-13,16-17H,4-7H2,1-3H3. The van der Waals surface area contributed by atoms with Gasteiger partial charge in [-0.05, 0) is 57.4 Å². The molecule has 0 spiro atoms. The number of sulfonamides is 1. The van der Waals surface area contributed by atoms with E-state index in [9.17, 15) is 8.42 Å². The zero-order chi connectivity index (χ0) is 14.8. The molecule has 1 fully saturated rings. The zero-order valence-corrected chi connectivity index (χ0v) is 13.3. The molecule has 0 aliphatic heterocycles. The lowest BCUT2D eigenvalue weighted by Gasteiger charge is -2.22. The van der Waals surface area contributed by atoms with Crippen molar-refractivity contribution in [2.45, 2.75) is 50.5 Å². The Morgan fingerprint density at radius 1 is 1.25 bits per heavy atom. The number of hydrogen-bond donors (Lipinski definition) is 2. The maximum absolute atomic E-state index is 12.0. The number of aryl methyl sites for hydroxylation is 1. The highest BCUT2D eigenvalue weighted by molar-refractivity contribution is 7.89. The average molecular weight is 296 g/mol. The first kappa shape index (κ1) is 15.3. The lowest BCUT2D eigenvalue weighted by molar-refractivity contribution is 0.482. The number of rotatable bonds is 5. The van der Waals surface area contributed by atoms with Crippen LogP contribution in [0.4, 0.5) is 5.69 Å². The second kappa shape index (κ2) is 6.14. The summed E-state index contributed by atoms with van der Waals surface area (Å²) >= 11 is 0. The van der Waals surface area contributed by atoms with E-state index in [1.54, 1.807) is 6.07 Å². The van der Waals surface area contributed by atoms with Gasteiger partial charge in [0.2, 0.25) is 10.0 Å². The molecule has 1 aromatic rings. The topological polar surface area (TPSA) is 58.2 Å². The predicted molar refractivity (Wildman–Crippen MR) is 82.5 cm³/mol. The fraction of sp³-hybridized carbons (Fsp3) is 0.600. The van der Waals surface area contributed by atoms with Gasteiger partial charge in [0.25, 0.3) is 0 Å². The highest BCUT2D eigenvalue weighted by atomic mass is 32.2. The van der Waals surface area contributed by atoms with E-state index in [2.05, 4.69) is 17.0 Å². The summed E-state index contributed by atoms with van der Waals surface area (Å²) in [5.41, 5.74) is 1.64. The molecule has 2 N–H and O–H groups in total. The van der Waals surface area contributed by atoms with E-state index in [0.717, 1.165) is 11.3 Å². The monoisotopic (exact) mass is 296 g/mol. The molecule has 0 amide bonds. The molecule has 0 saturated heterocycles. The second-order valence-electron chi connectivity index (χ2n) is 5.67. The van der Waals surface area contributed by atoms with Crippen molar-refractivity contribution in [2.75, 3.05) is 12.4 Å². The molecule has 1 atom stereocenters. The van der Waals surface area contributed by atoms with E-state index in [-0.39, 0.29) is 0 Å². The van der Waals surface area contributed by atoms with Gasteiger partial charge in [-0.3, -0.25) is 0 Å². The summed E-state index contributed by atoms with van der Waals surface area (Å²) in [5.74, 6) is 0.695. The summed E-state index contributed by atoms with van der Waals surface area (Å²) < 4.78 is 26.3. The van der Waals surface area contributed by atoms with Gasteiger partial charge in [0.1, 0.15) is 0 Å². The summed E-state index contributed by atoms with van der Waals surface area (Å²) in [5, 5.41) is 3.46. The van der Waals surface area contributed by atoms with Gasteiger partial charge in [0.05, 0.1) is 4.90 Å². The smallest absolute Gasteiger partial charge is 0.240 e. The largest absolute Gasteiger partial charge is 0.382 e. The molecule has 2 rings (SSSR count). The Bertz CT molecular complexity index is 563. The lowest BCUT2D eigenvalue weighted by Crippen LogP contribution is -2.24. The van der Waals surface area contributed by atoms with Gasteiger partial charge >= 0.3 is 0 Å². The number of hydrogen-bond acceptors (Lipinski definition) is 3. The summed E-state index contributed by atoms with van der Waals surface area (Å²) in [6.45, 7) is 4.00. The maximum atomic E-state index is 12.0. The van der Waals surface area contributed by atoms with Crippen LogP contribution < -0.4 is 10.0 Å². The van der Waals surface area contributed by atoms with Gasteiger partial charge < -0.3 is 5.32 Å². The van der Waals surface area contributed by atoms with E-state index in [0.29, 0.717) is 16.9 Å². The third kappa shape index (κ3) is 3.33. The third-order valence-electron chi connectivity index (χ3n) is 4.25. The molecule has 4 nitrogen and oxygen atoms in total. The molecule has 1 unspecified atom stereocenters. The second-order valence-corrected chi connectivity index (χ2v) is 7.52. The van der Waals surface area contributed by atoms with Crippen LogP contribution in [0.1, 0.15) is 38.2 Å². The maximum Gasteiger partial charge on any atom is 0.240 e. The van der Waals surface area contributed by atoms with E-state index in [4.69, 9.17) is 0 Å². The molecule has 1 saturated carbocycles. The van der Waals surface area contributed by atoms with Crippen molar-refractivity contribution in [1.29, 1.82) is 0 Å². The quantitative estimate of drug-likeness (QED) is 0.878. The van der Waals surface area contributed by atoms with Gasteiger partial charge in [0, 0.05) is 11.7 Å². The number of benzene rings is 1. The van der Waals surface area contributed by atoms with E-state index in [1.165, 1.54) is 32.7 Å². The summed E-state index contributed by atoms with van der Waals surface area (Å²) in [6.07, 6.45) is 5.15. The van der Waals surface area contributed by atoms with E-state index in [1.807, 2.05) is 19.1 Å². The Hall–Kier alpha value is -1.07. The van der Waals surface area contributed by atoms with Crippen molar-refractivity contribution >= 4 is 15.7 Å². The van der Waals surface area contributed by atoms with Crippen molar-refractivity contribution in [1.82, 2.24) is 4.72 Å². The van der Waals surface area contributed by atoms with Gasteiger partial charge in [-0.1, -0.05) is 18.9 Å². The Morgan fingerprint density at radius 3 is 2.50 bits per heavy atom. The minimum Gasteiger partial charge on any atom is -0.382 e. The molecule has 112 valence electrons. The van der Waals surface area contributed by atoms with Crippen molar-refractivity contribution in [2.24, 2.45) is 5.92 Å². The Balaban J connectivity index is 2.19. The van der Waals surface area contributed by atoms with Crippen molar-refractivity contribution in [3.05, 3.63) is 23.8 Å². The van der Waals surface area contributed by atoms with Crippen molar-refractivity contribution in [3.63, 3.8) is 0 Å². The van der Waals surface area contributed by atoms with Crippen LogP contribution in [0.2, 0.25) is 0 Å². The number of nitrogens with one attached hydrogen (secondary N) is 2. The number of anilines is 1. The first-order valence-electron chi connectivity index (χ1n) is 7.25. The SMILES string of the molecule is CNS(=O)(=O)c1cc(NC(C)C2CCCC2)ccc1C. The molecule has 0 bridgehead atoms. The van der Waals surface area contributed by atoms with E-state index < -0.39 is 10.0 Å². The van der Waals surface area contributed by atoms with Crippen LogP contribution in [-0.2, 0) is 10.0 Å². The van der Waals surface area contributed by atoms with Crippen molar-refractivity contribution < 1.29 is 8.42 Å². The van der Waals surface area contributed by atoms with Gasteiger partial charge in [-0.15, -0.1) is 0 Å². The van der Waals surface area contributed by atoms with Gasteiger partial charge in [-0.2, -0.15) is 0 Å². The molecular weight excluding hydrogens is 272 g/mol. The van der Waals surface area contributed by atoms with E-state index >= 15 is 0 Å². The van der Waals surface area contributed by atoms with Crippen LogP contribution in [-0.4, -0.2) is 21.5 Å². The molecule has 0 heterocycles. The van der Waals surface area contributed by atoms with Crippen LogP contribution in [0.25, 0.3) is 0 Å². The lowest BCUT2D eigenvalue weighted by atomic mass is 9.99. The summed E-state index contributed by atoms with van der Waals surface area (Å²) in [6, 6.07) is 5.92. The Kier molecular flexibility index (Phi) is 4.70. The molecule has 0 aromatic heterocycles. The van der Waals surface area contributed by atoms with Crippen molar-refractivity contribution in [3.8, 4) is 0 Å². The minimum absolute atomic E-state index is 0.351. The van der Waals surface area contributed by atoms with Crippen LogP contribution >= 0.6 is 0 Å². The van der Waals surface area contributed by atoms with Crippen LogP contribution in [0.15, 0.2) is 23.1 Å². The van der Waals surface area contributed by atoms with Crippen LogP contribution in [0.3, 0.4) is 0 Å². The average Bonchev–Trinajstić information content (AvgIpc) is 2.95. The molecule has 1 aromatic carbocycles. The zero-order valence-electron chi connectivity index (χ0n) is 12.4. The van der Waals surface area contributed by atoms with Crippen LogP contribution in [0, 0.1) is 12.8 Å². The fourth-order valence-electron chi connectivity index (χ4n) is 2.93. The van der Waals surface area contributed by atoms with Gasteiger partial charge in [-0.25, -0.2) is 13.1 Å². The predicted octanol–water partition coefficient (Wildman–Crippen LogP) is 2.89. The highest BCUT2D eigenvalue weighted by Crippen LogP contribution is 2.30. The molecule has 5 heteroatoms.